The second-order valence-electron chi connectivity index (χ2n) is 14.8. The summed E-state index contributed by atoms with van der Waals surface area (Å²) in [6.07, 6.45) is -0.00756. The molecule has 2 aromatic carbocycles. The number of carbonyl (C=O) groups is 4. The van der Waals surface area contributed by atoms with Gasteiger partial charge in [-0.2, -0.15) is 0 Å². The molecule has 4 heterocycles. The number of anilines is 1. The van der Waals surface area contributed by atoms with Gasteiger partial charge in [0.25, 0.3) is 5.56 Å². The molecule has 2 aliphatic heterocycles. The maximum absolute atomic E-state index is 13.8. The molecule has 3 amide bonds. The van der Waals surface area contributed by atoms with Gasteiger partial charge in [-0.05, 0) is 74.9 Å². The van der Waals surface area contributed by atoms with Gasteiger partial charge in [0.1, 0.15) is 19.3 Å². The molecule has 4 aromatic rings. The van der Waals surface area contributed by atoms with Crippen molar-refractivity contribution >= 4 is 40.5 Å². The van der Waals surface area contributed by atoms with Gasteiger partial charge in [0.05, 0.1) is 35.1 Å². The maximum Gasteiger partial charge on any atom is 0.410 e. The van der Waals surface area contributed by atoms with Crippen molar-refractivity contribution in [2.75, 3.05) is 11.9 Å². The lowest BCUT2D eigenvalue weighted by atomic mass is 9.86. The molecule has 0 saturated heterocycles. The number of cyclic esters (lactones) is 1. The largest absolute Gasteiger partial charge is 0.458 e. The van der Waals surface area contributed by atoms with Crippen molar-refractivity contribution in [2.24, 2.45) is 11.7 Å². The summed E-state index contributed by atoms with van der Waals surface area (Å²) < 4.78 is 12.6. The van der Waals surface area contributed by atoms with Crippen LogP contribution in [0.4, 0.5) is 10.5 Å². The van der Waals surface area contributed by atoms with E-state index in [2.05, 4.69) is 10.6 Å². The first-order valence-electron chi connectivity index (χ1n) is 18.6. The van der Waals surface area contributed by atoms with Crippen LogP contribution in [0.2, 0.25) is 0 Å². The van der Waals surface area contributed by atoms with E-state index in [0.717, 1.165) is 16.5 Å². The quantitative estimate of drug-likeness (QED) is 0.135. The molecule has 2 aromatic heterocycles. The number of aromatic nitrogens is 2. The Kier molecular flexibility index (Phi) is 11.1. The van der Waals surface area contributed by atoms with Crippen LogP contribution in [0.15, 0.2) is 59.4 Å². The summed E-state index contributed by atoms with van der Waals surface area (Å²) in [4.78, 5) is 71.5. The second-order valence-corrected chi connectivity index (χ2v) is 14.8. The van der Waals surface area contributed by atoms with Crippen LogP contribution in [0.3, 0.4) is 0 Å². The lowest BCUT2D eigenvalue weighted by molar-refractivity contribution is -0.172. The monoisotopic (exact) mass is 752 g/mol. The van der Waals surface area contributed by atoms with Crippen LogP contribution in [0.1, 0.15) is 75.8 Å². The molecule has 2 aliphatic rings. The van der Waals surface area contributed by atoms with E-state index in [1.54, 1.807) is 53.6 Å². The first-order valence-corrected chi connectivity index (χ1v) is 18.6. The third kappa shape index (κ3) is 7.56. The van der Waals surface area contributed by atoms with Crippen molar-refractivity contribution < 1.29 is 33.8 Å². The maximum atomic E-state index is 13.8. The summed E-state index contributed by atoms with van der Waals surface area (Å²) in [7, 11) is 0. The number of aliphatic hydroxyl groups is 1. The fraction of sp³-hybridized carbons (Fsp3) is 0.415. The number of nitrogens with one attached hydrogen (secondary N) is 2. The molecule has 5 N–H and O–H groups in total. The summed E-state index contributed by atoms with van der Waals surface area (Å²) in [5.41, 5.74) is 8.96. The molecule has 14 heteroatoms. The van der Waals surface area contributed by atoms with Crippen LogP contribution in [-0.2, 0) is 55.6 Å². The SMILES string of the molecule is CC[C@@]1(O)C(=O)OCc2c1cc1n(c2=O)Cc2c-1nc1ccccc1c2CCN(C(=O)OCc1ccc(NC(=O)[C@H](C)NC(=O)[C@@H](N)C(C)C)cc1)C(C)C. The minimum Gasteiger partial charge on any atom is -0.458 e. The zero-order chi connectivity index (χ0) is 39.8. The van der Waals surface area contributed by atoms with Crippen molar-refractivity contribution in [3.63, 3.8) is 0 Å². The van der Waals surface area contributed by atoms with E-state index < -0.39 is 41.6 Å². The molecule has 3 atom stereocenters. The molecule has 0 radical (unpaired) electrons. The first-order chi connectivity index (χ1) is 26.1. The Morgan fingerprint density at radius 1 is 1.04 bits per heavy atom. The Bertz CT molecular complexity index is 2220. The predicted molar refractivity (Wildman–Crippen MR) is 206 cm³/mol. The van der Waals surface area contributed by atoms with Gasteiger partial charge in [-0.25, -0.2) is 14.6 Å². The normalized spacial score (nSPS) is 16.9. The number of pyridine rings is 2. The molecular formula is C41H48N6O8. The number of benzene rings is 2. The number of hydrogen-bond acceptors (Lipinski definition) is 10. The third-order valence-electron chi connectivity index (χ3n) is 10.5. The number of fused-ring (bicyclic) bond motifs is 5. The number of esters is 1. The standard InChI is InChI=1S/C41H48N6O8/c1-7-41(53)31-18-33-35-29(19-47(33)38(50)30(31)21-54-39(41)51)27(28-10-8-9-11-32(28)45-35)16-17-46(23(4)5)40(52)55-20-25-12-14-26(15-13-25)44-36(48)24(6)43-37(49)34(42)22(2)3/h8-15,18,22-24,34,53H,7,16-17,19-21,42H2,1-6H3,(H,43,49)(H,44,48)/t24-,34-,41-/m0/s1. The van der Waals surface area contributed by atoms with Crippen LogP contribution < -0.4 is 21.9 Å². The molecule has 0 unspecified atom stereocenters. The summed E-state index contributed by atoms with van der Waals surface area (Å²) >= 11 is 0. The number of ether oxygens (including phenoxy) is 2. The third-order valence-corrected chi connectivity index (χ3v) is 10.5. The van der Waals surface area contributed by atoms with Gasteiger partial charge >= 0.3 is 12.1 Å². The van der Waals surface area contributed by atoms with E-state index in [0.29, 0.717) is 41.1 Å². The van der Waals surface area contributed by atoms with Crippen LogP contribution in [-0.4, -0.2) is 68.1 Å². The first kappa shape index (κ1) is 39.1. The van der Waals surface area contributed by atoms with Crippen molar-refractivity contribution in [1.82, 2.24) is 19.8 Å². The summed E-state index contributed by atoms with van der Waals surface area (Å²) in [5, 5.41) is 17.6. The summed E-state index contributed by atoms with van der Waals surface area (Å²) in [6.45, 7) is 11.1. The summed E-state index contributed by atoms with van der Waals surface area (Å²) in [5.74, 6) is -1.64. The Labute approximate surface area is 319 Å². The summed E-state index contributed by atoms with van der Waals surface area (Å²) in [6, 6.07) is 14.5. The zero-order valence-electron chi connectivity index (χ0n) is 32.0. The Hall–Kier alpha value is -5.60. The molecule has 0 aliphatic carbocycles. The minimum absolute atomic E-state index is 0.00261. The lowest BCUT2D eigenvalue weighted by Crippen LogP contribution is -2.50. The molecule has 55 heavy (non-hydrogen) atoms. The number of carbonyl (C=O) groups excluding carboxylic acids is 4. The van der Waals surface area contributed by atoms with E-state index in [-0.39, 0.29) is 54.8 Å². The molecule has 14 nitrogen and oxygen atoms in total. The molecule has 0 spiro atoms. The highest BCUT2D eigenvalue weighted by atomic mass is 16.6. The van der Waals surface area contributed by atoms with Crippen LogP contribution >= 0.6 is 0 Å². The lowest BCUT2D eigenvalue weighted by Gasteiger charge is -2.31. The second kappa shape index (κ2) is 15.6. The van der Waals surface area contributed by atoms with Gasteiger partial charge in [-0.15, -0.1) is 0 Å². The van der Waals surface area contributed by atoms with E-state index in [4.69, 9.17) is 20.2 Å². The molecule has 290 valence electrons. The predicted octanol–water partition coefficient (Wildman–Crippen LogP) is 4.10. The fourth-order valence-corrected chi connectivity index (χ4v) is 7.03. The van der Waals surface area contributed by atoms with Gasteiger partial charge in [0, 0.05) is 34.8 Å². The number of nitrogens with zero attached hydrogens (tertiary/aromatic N) is 3. The van der Waals surface area contributed by atoms with Crippen molar-refractivity contribution in [1.29, 1.82) is 0 Å². The van der Waals surface area contributed by atoms with E-state index >= 15 is 0 Å². The molecule has 0 fully saturated rings. The number of hydrogen-bond donors (Lipinski definition) is 4. The fourth-order valence-electron chi connectivity index (χ4n) is 7.03. The molecule has 0 saturated carbocycles. The average Bonchev–Trinajstić information content (AvgIpc) is 3.53. The molecule has 0 bridgehead atoms. The Balaban J connectivity index is 1.16. The number of amides is 3. The van der Waals surface area contributed by atoms with Crippen LogP contribution in [0.5, 0.6) is 0 Å². The molecule has 6 rings (SSSR count). The van der Waals surface area contributed by atoms with Gasteiger partial charge < -0.3 is 40.4 Å². The van der Waals surface area contributed by atoms with Gasteiger partial charge in [0.15, 0.2) is 5.60 Å². The van der Waals surface area contributed by atoms with E-state index in [1.807, 2.05) is 52.0 Å². The van der Waals surface area contributed by atoms with Gasteiger partial charge in [-0.3, -0.25) is 14.4 Å². The van der Waals surface area contributed by atoms with Crippen molar-refractivity contribution in [3.05, 3.63) is 92.8 Å². The van der Waals surface area contributed by atoms with Crippen molar-refractivity contribution in [2.45, 2.75) is 97.9 Å². The Morgan fingerprint density at radius 3 is 2.42 bits per heavy atom. The average molecular weight is 753 g/mol. The van der Waals surface area contributed by atoms with Crippen LogP contribution in [0, 0.1) is 5.92 Å². The highest BCUT2D eigenvalue weighted by molar-refractivity contribution is 5.97. The van der Waals surface area contributed by atoms with E-state index in [1.165, 1.54) is 0 Å². The highest BCUT2D eigenvalue weighted by Gasteiger charge is 2.45. The van der Waals surface area contributed by atoms with Gasteiger partial charge in [-0.1, -0.05) is 51.1 Å². The minimum atomic E-state index is -1.93. The van der Waals surface area contributed by atoms with Gasteiger partial charge in [0.2, 0.25) is 11.8 Å². The number of para-hydroxylation sites is 1. The smallest absolute Gasteiger partial charge is 0.410 e. The van der Waals surface area contributed by atoms with Crippen molar-refractivity contribution in [3.8, 4) is 11.4 Å². The molecular weight excluding hydrogens is 704 g/mol. The Morgan fingerprint density at radius 2 is 1.75 bits per heavy atom. The van der Waals surface area contributed by atoms with E-state index in [9.17, 15) is 29.1 Å². The topological polar surface area (TPSA) is 195 Å². The van der Waals surface area contributed by atoms with Crippen LogP contribution in [0.25, 0.3) is 22.3 Å². The highest BCUT2D eigenvalue weighted by Crippen LogP contribution is 2.40. The zero-order valence-corrected chi connectivity index (χ0v) is 32.0. The number of rotatable bonds is 12. The number of nitrogens with two attached hydrogens (primary N) is 1.